The van der Waals surface area contributed by atoms with Crippen molar-refractivity contribution in [2.75, 3.05) is 13.1 Å². The fraction of sp³-hybridized carbons (Fsp3) is 0.611. The highest BCUT2D eigenvalue weighted by atomic mass is 16.1. The average molecular weight is 357 g/mol. The third kappa shape index (κ3) is 3.39. The molecule has 0 saturated carbocycles. The van der Waals surface area contributed by atoms with Gasteiger partial charge in [-0.25, -0.2) is 0 Å². The molecular weight excluding hydrogens is 330 g/mol. The summed E-state index contributed by atoms with van der Waals surface area (Å²) in [6.07, 6.45) is 5.33. The third-order valence-corrected chi connectivity index (χ3v) is 5.42. The molecular formula is C18H27N7O. The highest BCUT2D eigenvalue weighted by molar-refractivity contribution is 5.92. The predicted octanol–water partition coefficient (Wildman–Crippen LogP) is 0.587. The number of likely N-dealkylation sites (tertiary alicyclic amines) is 1. The van der Waals surface area contributed by atoms with E-state index in [2.05, 4.69) is 33.0 Å². The fourth-order valence-electron chi connectivity index (χ4n) is 4.15. The summed E-state index contributed by atoms with van der Waals surface area (Å²) < 4.78 is 3.80. The fourth-order valence-corrected chi connectivity index (χ4v) is 4.15. The van der Waals surface area contributed by atoms with Crippen LogP contribution in [-0.4, -0.2) is 49.5 Å². The van der Waals surface area contributed by atoms with Gasteiger partial charge in [0.1, 0.15) is 0 Å². The van der Waals surface area contributed by atoms with E-state index in [9.17, 15) is 4.79 Å². The number of fused-ring (bicyclic) bond motifs is 1. The zero-order valence-electron chi connectivity index (χ0n) is 15.5. The molecule has 2 aromatic heterocycles. The van der Waals surface area contributed by atoms with E-state index in [1.165, 1.54) is 12.1 Å². The number of hydrogen-bond donors (Lipinski definition) is 2. The zero-order valence-corrected chi connectivity index (χ0v) is 15.5. The Hall–Kier alpha value is -2.19. The molecule has 8 nitrogen and oxygen atoms in total. The quantitative estimate of drug-likeness (QED) is 0.789. The normalized spacial score (nSPS) is 21.2. The summed E-state index contributed by atoms with van der Waals surface area (Å²) in [6.45, 7) is 5.89. The van der Waals surface area contributed by atoms with Gasteiger partial charge in [-0.1, -0.05) is 0 Å². The van der Waals surface area contributed by atoms with Crippen molar-refractivity contribution < 1.29 is 4.79 Å². The molecule has 1 saturated heterocycles. The minimum atomic E-state index is -0.462. The maximum Gasteiger partial charge on any atom is 0.269 e. The summed E-state index contributed by atoms with van der Waals surface area (Å²) in [6, 6.07) is 2.92. The second kappa shape index (κ2) is 6.85. The molecule has 1 amide bonds. The Morgan fingerprint density at radius 1 is 1.42 bits per heavy atom. The van der Waals surface area contributed by atoms with E-state index in [1.807, 2.05) is 13.2 Å². The van der Waals surface area contributed by atoms with Crippen molar-refractivity contribution in [1.82, 2.24) is 29.8 Å². The van der Waals surface area contributed by atoms with Crippen molar-refractivity contribution >= 4 is 5.91 Å². The van der Waals surface area contributed by atoms with Crippen LogP contribution in [0.15, 0.2) is 12.3 Å². The molecule has 0 spiro atoms. The molecule has 2 unspecified atom stereocenters. The third-order valence-electron chi connectivity index (χ3n) is 5.42. The van der Waals surface area contributed by atoms with Gasteiger partial charge in [0, 0.05) is 62.8 Å². The highest BCUT2D eigenvalue weighted by Crippen LogP contribution is 2.22. The lowest BCUT2D eigenvalue weighted by molar-refractivity contribution is 0.0993. The summed E-state index contributed by atoms with van der Waals surface area (Å²) >= 11 is 0. The van der Waals surface area contributed by atoms with Crippen LogP contribution >= 0.6 is 0 Å². The minimum Gasteiger partial charge on any atom is -0.364 e. The van der Waals surface area contributed by atoms with Crippen LogP contribution in [0.25, 0.3) is 0 Å². The van der Waals surface area contributed by atoms with Crippen molar-refractivity contribution in [1.29, 1.82) is 0 Å². The maximum absolute atomic E-state index is 11.5. The average Bonchev–Trinajstić information content (AvgIpc) is 3.31. The maximum atomic E-state index is 11.5. The van der Waals surface area contributed by atoms with Crippen molar-refractivity contribution in [3.8, 4) is 0 Å². The molecule has 2 aliphatic heterocycles. The number of aryl methyl sites for hydroxylation is 3. The minimum absolute atomic E-state index is 0.248. The number of nitrogens with two attached hydrogens (primary N) is 1. The molecule has 4 rings (SSSR count). The van der Waals surface area contributed by atoms with Gasteiger partial charge in [0.05, 0.1) is 5.69 Å². The van der Waals surface area contributed by atoms with E-state index < -0.39 is 5.91 Å². The number of primary amides is 1. The SMILES string of the molecule is CC(NC1CCN(Cc2cn(C)nc2C(N)=O)C1)c1cc2n(n1)CCC2. The van der Waals surface area contributed by atoms with Crippen LogP contribution in [0.5, 0.6) is 0 Å². The molecule has 2 atom stereocenters. The predicted molar refractivity (Wildman–Crippen MR) is 97.5 cm³/mol. The van der Waals surface area contributed by atoms with Gasteiger partial charge >= 0.3 is 0 Å². The van der Waals surface area contributed by atoms with E-state index in [4.69, 9.17) is 10.8 Å². The molecule has 8 heteroatoms. The molecule has 140 valence electrons. The number of amides is 1. The number of carbonyl (C=O) groups excluding carboxylic acids is 1. The van der Waals surface area contributed by atoms with Gasteiger partial charge in [-0.3, -0.25) is 19.1 Å². The van der Waals surface area contributed by atoms with Gasteiger partial charge in [0.25, 0.3) is 5.91 Å². The Balaban J connectivity index is 1.34. The van der Waals surface area contributed by atoms with E-state index in [1.54, 1.807) is 4.68 Å². The van der Waals surface area contributed by atoms with Crippen LogP contribution in [0.1, 0.15) is 53.2 Å². The summed E-state index contributed by atoms with van der Waals surface area (Å²) in [5.74, 6) is -0.462. The molecule has 2 aromatic rings. The first-order chi connectivity index (χ1) is 12.5. The molecule has 2 aliphatic rings. The van der Waals surface area contributed by atoms with Crippen LogP contribution in [0.3, 0.4) is 0 Å². The van der Waals surface area contributed by atoms with Gasteiger partial charge in [-0.15, -0.1) is 0 Å². The summed E-state index contributed by atoms with van der Waals surface area (Å²) in [7, 11) is 1.81. The van der Waals surface area contributed by atoms with E-state index in [-0.39, 0.29) is 6.04 Å². The second-order valence-corrected chi connectivity index (χ2v) is 7.54. The molecule has 0 aliphatic carbocycles. The van der Waals surface area contributed by atoms with Crippen molar-refractivity contribution in [2.24, 2.45) is 12.8 Å². The summed E-state index contributed by atoms with van der Waals surface area (Å²) in [5.41, 5.74) is 9.22. The Morgan fingerprint density at radius 3 is 3.04 bits per heavy atom. The number of rotatable bonds is 6. The van der Waals surface area contributed by atoms with Crippen LogP contribution in [-0.2, 0) is 26.6 Å². The number of nitrogens with zero attached hydrogens (tertiary/aromatic N) is 5. The van der Waals surface area contributed by atoms with E-state index in [0.717, 1.165) is 43.7 Å². The van der Waals surface area contributed by atoms with Crippen molar-refractivity contribution in [2.45, 2.75) is 51.4 Å². The van der Waals surface area contributed by atoms with Gasteiger partial charge in [-0.2, -0.15) is 10.2 Å². The lowest BCUT2D eigenvalue weighted by Crippen LogP contribution is -2.34. The number of nitrogens with one attached hydrogen (secondary N) is 1. The number of aromatic nitrogens is 4. The lowest BCUT2D eigenvalue weighted by Gasteiger charge is -2.19. The second-order valence-electron chi connectivity index (χ2n) is 7.54. The molecule has 0 bridgehead atoms. The number of carbonyl (C=O) groups is 1. The Bertz CT molecular complexity index is 787. The van der Waals surface area contributed by atoms with Crippen LogP contribution in [0, 0.1) is 0 Å². The molecule has 4 heterocycles. The first kappa shape index (κ1) is 17.2. The van der Waals surface area contributed by atoms with Crippen molar-refractivity contribution in [3.63, 3.8) is 0 Å². The lowest BCUT2D eigenvalue weighted by atomic mass is 10.1. The Labute approximate surface area is 153 Å². The molecule has 1 fully saturated rings. The van der Waals surface area contributed by atoms with Crippen molar-refractivity contribution in [3.05, 3.63) is 34.9 Å². The topological polar surface area (TPSA) is 94.0 Å². The van der Waals surface area contributed by atoms with Crippen LogP contribution in [0.4, 0.5) is 0 Å². The van der Waals surface area contributed by atoms with Crippen LogP contribution in [0.2, 0.25) is 0 Å². The van der Waals surface area contributed by atoms with E-state index >= 15 is 0 Å². The molecule has 3 N–H and O–H groups in total. The van der Waals surface area contributed by atoms with Crippen LogP contribution < -0.4 is 11.1 Å². The summed E-state index contributed by atoms with van der Waals surface area (Å²) in [5, 5.41) is 12.6. The van der Waals surface area contributed by atoms with E-state index in [0.29, 0.717) is 18.3 Å². The zero-order chi connectivity index (χ0) is 18.3. The van der Waals surface area contributed by atoms with Gasteiger partial charge in [0.15, 0.2) is 5.69 Å². The molecule has 0 radical (unpaired) electrons. The Morgan fingerprint density at radius 2 is 2.27 bits per heavy atom. The monoisotopic (exact) mass is 357 g/mol. The largest absolute Gasteiger partial charge is 0.364 e. The molecule has 26 heavy (non-hydrogen) atoms. The first-order valence-electron chi connectivity index (χ1n) is 9.37. The molecule has 0 aromatic carbocycles. The highest BCUT2D eigenvalue weighted by Gasteiger charge is 2.27. The number of hydrogen-bond acceptors (Lipinski definition) is 5. The standard InChI is InChI=1S/C18H27N7O/c1-12(16-8-15-4-3-6-25(15)21-16)20-14-5-7-24(11-14)10-13-9-23(2)22-17(13)18(19)26/h8-9,12,14,20H,3-7,10-11H2,1-2H3,(H2,19,26). The van der Waals surface area contributed by atoms with Gasteiger partial charge in [-0.05, 0) is 32.3 Å². The summed E-state index contributed by atoms with van der Waals surface area (Å²) in [4.78, 5) is 13.9. The Kier molecular flexibility index (Phi) is 4.54. The van der Waals surface area contributed by atoms with Gasteiger partial charge in [0.2, 0.25) is 0 Å². The van der Waals surface area contributed by atoms with Gasteiger partial charge < -0.3 is 11.1 Å². The smallest absolute Gasteiger partial charge is 0.269 e. The first-order valence-corrected chi connectivity index (χ1v) is 9.37.